The van der Waals surface area contributed by atoms with E-state index in [2.05, 4.69) is 20.8 Å². The van der Waals surface area contributed by atoms with E-state index >= 15 is 0 Å². The Morgan fingerprint density at radius 2 is 1.62 bits per heavy atom. The summed E-state index contributed by atoms with van der Waals surface area (Å²) >= 11 is 0. The SMILES string of the molecule is COC(=O)C1CC(C)C(C)CC1C. The molecule has 0 amide bonds. The molecule has 0 aromatic carbocycles. The van der Waals surface area contributed by atoms with Crippen LogP contribution in [0, 0.1) is 23.7 Å². The molecule has 1 saturated carbocycles. The summed E-state index contributed by atoms with van der Waals surface area (Å²) in [6, 6.07) is 0. The molecule has 1 aliphatic carbocycles. The van der Waals surface area contributed by atoms with Crippen LogP contribution in [0.4, 0.5) is 0 Å². The Bertz CT molecular complexity index is 189. The van der Waals surface area contributed by atoms with Gasteiger partial charge in [-0.2, -0.15) is 0 Å². The lowest BCUT2D eigenvalue weighted by Gasteiger charge is -2.35. The molecular weight excluding hydrogens is 164 g/mol. The number of esters is 1. The predicted octanol–water partition coefficient (Wildman–Crippen LogP) is 2.48. The molecule has 4 atom stereocenters. The molecule has 2 nitrogen and oxygen atoms in total. The second kappa shape index (κ2) is 4.12. The Balaban J connectivity index is 2.61. The quantitative estimate of drug-likeness (QED) is 0.585. The zero-order valence-corrected chi connectivity index (χ0v) is 9.04. The van der Waals surface area contributed by atoms with E-state index in [1.807, 2.05) is 0 Å². The molecule has 0 radical (unpaired) electrons. The normalized spacial score (nSPS) is 40.0. The summed E-state index contributed by atoms with van der Waals surface area (Å²) in [5.74, 6) is 2.00. The molecule has 4 unspecified atom stereocenters. The van der Waals surface area contributed by atoms with Crippen molar-refractivity contribution in [3.63, 3.8) is 0 Å². The first-order valence-corrected chi connectivity index (χ1v) is 5.14. The number of methoxy groups -OCH3 is 1. The van der Waals surface area contributed by atoms with E-state index in [1.54, 1.807) is 0 Å². The number of carbonyl (C=O) groups excluding carboxylic acids is 1. The van der Waals surface area contributed by atoms with Gasteiger partial charge in [0, 0.05) is 0 Å². The van der Waals surface area contributed by atoms with Gasteiger partial charge in [-0.3, -0.25) is 4.79 Å². The van der Waals surface area contributed by atoms with Crippen molar-refractivity contribution in [1.29, 1.82) is 0 Å². The molecule has 2 heteroatoms. The zero-order valence-electron chi connectivity index (χ0n) is 9.04. The van der Waals surface area contributed by atoms with E-state index in [0.29, 0.717) is 11.8 Å². The Morgan fingerprint density at radius 3 is 2.15 bits per heavy atom. The van der Waals surface area contributed by atoms with Gasteiger partial charge < -0.3 is 4.74 Å². The third-order valence-electron chi connectivity index (χ3n) is 3.53. The van der Waals surface area contributed by atoms with E-state index in [4.69, 9.17) is 4.74 Å². The minimum absolute atomic E-state index is 0.0220. The van der Waals surface area contributed by atoms with Gasteiger partial charge in [0.05, 0.1) is 13.0 Å². The van der Waals surface area contributed by atoms with Crippen LogP contribution in [0.5, 0.6) is 0 Å². The zero-order chi connectivity index (χ0) is 10.0. The summed E-state index contributed by atoms with van der Waals surface area (Å²) in [4.78, 5) is 11.4. The van der Waals surface area contributed by atoms with Crippen molar-refractivity contribution in [3.8, 4) is 0 Å². The van der Waals surface area contributed by atoms with Gasteiger partial charge in [0.25, 0.3) is 0 Å². The summed E-state index contributed by atoms with van der Waals surface area (Å²) in [6.45, 7) is 6.66. The second-order valence-corrected chi connectivity index (χ2v) is 4.53. The van der Waals surface area contributed by atoms with Gasteiger partial charge in [-0.1, -0.05) is 20.8 Å². The van der Waals surface area contributed by atoms with Gasteiger partial charge in [-0.05, 0) is 30.6 Å². The van der Waals surface area contributed by atoms with Crippen molar-refractivity contribution < 1.29 is 9.53 Å². The minimum Gasteiger partial charge on any atom is -0.469 e. The van der Waals surface area contributed by atoms with Gasteiger partial charge in [0.1, 0.15) is 0 Å². The van der Waals surface area contributed by atoms with E-state index in [9.17, 15) is 4.79 Å². The van der Waals surface area contributed by atoms with Gasteiger partial charge >= 0.3 is 5.97 Å². The summed E-state index contributed by atoms with van der Waals surface area (Å²) in [7, 11) is 1.48. The molecular formula is C11H20O2. The highest BCUT2D eigenvalue weighted by atomic mass is 16.5. The third-order valence-corrected chi connectivity index (χ3v) is 3.53. The number of hydrogen-bond donors (Lipinski definition) is 0. The summed E-state index contributed by atoms with van der Waals surface area (Å²) in [5.41, 5.74) is 0. The van der Waals surface area contributed by atoms with E-state index < -0.39 is 0 Å². The van der Waals surface area contributed by atoms with E-state index in [-0.39, 0.29) is 11.9 Å². The number of hydrogen-bond acceptors (Lipinski definition) is 2. The molecule has 1 fully saturated rings. The Kier molecular flexibility index (Phi) is 3.34. The fourth-order valence-electron chi connectivity index (χ4n) is 2.33. The first-order valence-electron chi connectivity index (χ1n) is 5.14. The van der Waals surface area contributed by atoms with Gasteiger partial charge in [0.15, 0.2) is 0 Å². The maximum atomic E-state index is 11.4. The van der Waals surface area contributed by atoms with Crippen LogP contribution < -0.4 is 0 Å². The molecule has 0 heterocycles. The molecule has 1 rings (SSSR count). The molecule has 0 bridgehead atoms. The van der Waals surface area contributed by atoms with Crippen molar-refractivity contribution in [2.24, 2.45) is 23.7 Å². The summed E-state index contributed by atoms with van der Waals surface area (Å²) in [5, 5.41) is 0. The van der Waals surface area contributed by atoms with Crippen LogP contribution in [0.1, 0.15) is 33.6 Å². The van der Waals surface area contributed by atoms with Crippen LogP contribution in [0.25, 0.3) is 0 Å². The van der Waals surface area contributed by atoms with Gasteiger partial charge in [-0.25, -0.2) is 0 Å². The van der Waals surface area contributed by atoms with E-state index in [1.165, 1.54) is 7.11 Å². The monoisotopic (exact) mass is 184 g/mol. The van der Waals surface area contributed by atoms with Gasteiger partial charge in [0.2, 0.25) is 0 Å². The lowest BCUT2D eigenvalue weighted by Crippen LogP contribution is -2.33. The molecule has 0 aromatic heterocycles. The fraction of sp³-hybridized carbons (Fsp3) is 0.909. The summed E-state index contributed by atoms with van der Waals surface area (Å²) in [6.07, 6.45) is 2.15. The molecule has 0 saturated heterocycles. The van der Waals surface area contributed by atoms with Crippen LogP contribution in [-0.2, 0) is 9.53 Å². The molecule has 76 valence electrons. The van der Waals surface area contributed by atoms with Crippen LogP contribution in [0.15, 0.2) is 0 Å². The largest absolute Gasteiger partial charge is 0.469 e. The van der Waals surface area contributed by atoms with Gasteiger partial charge in [-0.15, -0.1) is 0 Å². The molecule has 0 N–H and O–H groups in total. The van der Waals surface area contributed by atoms with Crippen molar-refractivity contribution in [2.75, 3.05) is 7.11 Å². The Labute approximate surface area is 80.7 Å². The highest BCUT2D eigenvalue weighted by molar-refractivity contribution is 5.72. The van der Waals surface area contributed by atoms with Crippen LogP contribution >= 0.6 is 0 Å². The smallest absolute Gasteiger partial charge is 0.308 e. The lowest BCUT2D eigenvalue weighted by atomic mass is 9.70. The molecule has 1 aliphatic rings. The first-order chi connectivity index (χ1) is 6.06. The maximum absolute atomic E-state index is 11.4. The maximum Gasteiger partial charge on any atom is 0.308 e. The predicted molar refractivity (Wildman–Crippen MR) is 52.2 cm³/mol. The standard InChI is InChI=1S/C11H20O2/c1-7-5-9(3)10(6-8(7)2)11(12)13-4/h7-10H,5-6H2,1-4H3. The Hall–Kier alpha value is -0.530. The van der Waals surface area contributed by atoms with Crippen molar-refractivity contribution >= 4 is 5.97 Å². The topological polar surface area (TPSA) is 26.3 Å². The van der Waals surface area contributed by atoms with Crippen LogP contribution in [0.2, 0.25) is 0 Å². The summed E-state index contributed by atoms with van der Waals surface area (Å²) < 4.78 is 4.80. The fourth-order valence-corrected chi connectivity index (χ4v) is 2.33. The highest BCUT2D eigenvalue weighted by Crippen LogP contribution is 2.37. The second-order valence-electron chi connectivity index (χ2n) is 4.53. The number of rotatable bonds is 1. The van der Waals surface area contributed by atoms with E-state index in [0.717, 1.165) is 18.8 Å². The first kappa shape index (κ1) is 10.6. The molecule has 0 aliphatic heterocycles. The Morgan fingerprint density at radius 1 is 1.08 bits per heavy atom. The number of carbonyl (C=O) groups is 1. The molecule has 0 spiro atoms. The van der Waals surface area contributed by atoms with Crippen molar-refractivity contribution in [2.45, 2.75) is 33.6 Å². The van der Waals surface area contributed by atoms with Crippen molar-refractivity contribution in [3.05, 3.63) is 0 Å². The third kappa shape index (κ3) is 2.23. The molecule has 13 heavy (non-hydrogen) atoms. The van der Waals surface area contributed by atoms with Crippen LogP contribution in [0.3, 0.4) is 0 Å². The van der Waals surface area contributed by atoms with Crippen molar-refractivity contribution in [1.82, 2.24) is 0 Å². The minimum atomic E-state index is -0.0220. The highest BCUT2D eigenvalue weighted by Gasteiger charge is 2.35. The number of ether oxygens (including phenoxy) is 1. The lowest BCUT2D eigenvalue weighted by molar-refractivity contribution is -0.149. The molecule has 0 aromatic rings. The average Bonchev–Trinajstić information content (AvgIpc) is 2.10. The van der Waals surface area contributed by atoms with Crippen LogP contribution in [-0.4, -0.2) is 13.1 Å². The average molecular weight is 184 g/mol.